The number of carbonyl (C=O) groups is 1. The minimum atomic E-state index is -3.15. The molecule has 2 amide bonds. The van der Waals surface area contributed by atoms with Gasteiger partial charge in [0.2, 0.25) is 10.0 Å². The van der Waals surface area contributed by atoms with Gasteiger partial charge in [-0.1, -0.05) is 17.7 Å². The predicted molar refractivity (Wildman–Crippen MR) is 87.8 cm³/mol. The normalized spacial score (nSPS) is 17.2. The van der Waals surface area contributed by atoms with Gasteiger partial charge < -0.3 is 10.6 Å². The van der Waals surface area contributed by atoms with Crippen LogP contribution in [-0.4, -0.2) is 44.1 Å². The van der Waals surface area contributed by atoms with Crippen molar-refractivity contribution in [3.8, 4) is 0 Å². The Kier molecular flexibility index (Phi) is 5.31. The van der Waals surface area contributed by atoms with Crippen molar-refractivity contribution in [3.05, 3.63) is 28.8 Å². The van der Waals surface area contributed by atoms with Crippen LogP contribution in [0.15, 0.2) is 18.2 Å². The van der Waals surface area contributed by atoms with Crippen LogP contribution in [0.4, 0.5) is 10.5 Å². The second-order valence-electron chi connectivity index (χ2n) is 5.49. The lowest BCUT2D eigenvalue weighted by molar-refractivity contribution is 0.238. The molecule has 1 aromatic carbocycles. The number of hydrogen-bond donors (Lipinski definition) is 2. The Morgan fingerprint density at radius 3 is 2.55 bits per heavy atom. The number of halogens is 1. The highest BCUT2D eigenvalue weighted by Crippen LogP contribution is 2.20. The Morgan fingerprint density at radius 1 is 1.32 bits per heavy atom. The van der Waals surface area contributed by atoms with Crippen molar-refractivity contribution in [3.63, 3.8) is 0 Å². The third kappa shape index (κ3) is 4.59. The Hall–Kier alpha value is -1.31. The lowest BCUT2D eigenvalue weighted by atomic mass is 10.1. The molecule has 0 unspecified atom stereocenters. The van der Waals surface area contributed by atoms with E-state index in [1.165, 1.54) is 10.6 Å². The van der Waals surface area contributed by atoms with Crippen molar-refractivity contribution in [2.45, 2.75) is 25.8 Å². The van der Waals surface area contributed by atoms with E-state index in [1.54, 1.807) is 12.1 Å². The fourth-order valence-corrected chi connectivity index (χ4v) is 3.45. The van der Waals surface area contributed by atoms with E-state index < -0.39 is 10.0 Å². The zero-order valence-corrected chi connectivity index (χ0v) is 14.2. The van der Waals surface area contributed by atoms with E-state index in [1.807, 2.05) is 13.0 Å². The highest BCUT2D eigenvalue weighted by molar-refractivity contribution is 7.88. The Labute approximate surface area is 135 Å². The minimum absolute atomic E-state index is 0.0301. The van der Waals surface area contributed by atoms with E-state index in [9.17, 15) is 13.2 Å². The van der Waals surface area contributed by atoms with Crippen molar-refractivity contribution >= 4 is 33.3 Å². The van der Waals surface area contributed by atoms with E-state index in [-0.39, 0.29) is 12.1 Å². The second-order valence-corrected chi connectivity index (χ2v) is 7.91. The van der Waals surface area contributed by atoms with E-state index in [2.05, 4.69) is 10.6 Å². The van der Waals surface area contributed by atoms with E-state index >= 15 is 0 Å². The molecular formula is C14H20ClN3O3S. The summed E-state index contributed by atoms with van der Waals surface area (Å²) in [5.41, 5.74) is 1.59. The molecule has 0 atom stereocenters. The van der Waals surface area contributed by atoms with Gasteiger partial charge in [0.15, 0.2) is 0 Å². The van der Waals surface area contributed by atoms with Crippen LogP contribution >= 0.6 is 11.6 Å². The Balaban J connectivity index is 1.87. The first-order valence-corrected chi connectivity index (χ1v) is 9.27. The van der Waals surface area contributed by atoms with Gasteiger partial charge in [-0.2, -0.15) is 0 Å². The van der Waals surface area contributed by atoms with Crippen LogP contribution in [0.1, 0.15) is 18.4 Å². The van der Waals surface area contributed by atoms with Gasteiger partial charge in [-0.3, -0.25) is 0 Å². The number of piperidine rings is 1. The lowest BCUT2D eigenvalue weighted by Crippen LogP contribution is -2.47. The van der Waals surface area contributed by atoms with Crippen LogP contribution in [0.5, 0.6) is 0 Å². The minimum Gasteiger partial charge on any atom is -0.335 e. The number of nitrogens with zero attached hydrogens (tertiary/aromatic N) is 1. The average molecular weight is 346 g/mol. The number of rotatable bonds is 3. The van der Waals surface area contributed by atoms with Crippen molar-refractivity contribution in [2.24, 2.45) is 0 Å². The van der Waals surface area contributed by atoms with Gasteiger partial charge in [0.25, 0.3) is 0 Å². The number of carbonyl (C=O) groups excluding carboxylic acids is 1. The van der Waals surface area contributed by atoms with Crippen LogP contribution in [0, 0.1) is 6.92 Å². The first kappa shape index (κ1) is 17.1. The summed E-state index contributed by atoms with van der Waals surface area (Å²) in [5, 5.41) is 6.20. The molecule has 1 aliphatic heterocycles. The fraction of sp³-hybridized carbons (Fsp3) is 0.500. The molecule has 1 aliphatic rings. The quantitative estimate of drug-likeness (QED) is 0.881. The summed E-state index contributed by atoms with van der Waals surface area (Å²) in [5.74, 6) is 0. The van der Waals surface area contributed by atoms with Gasteiger partial charge in [0, 0.05) is 29.8 Å². The number of sulfonamides is 1. The number of benzene rings is 1. The van der Waals surface area contributed by atoms with Gasteiger partial charge in [-0.25, -0.2) is 17.5 Å². The van der Waals surface area contributed by atoms with Crippen LogP contribution in [0.3, 0.4) is 0 Å². The maximum atomic E-state index is 12.0. The summed E-state index contributed by atoms with van der Waals surface area (Å²) in [6, 6.07) is 4.97. The lowest BCUT2D eigenvalue weighted by Gasteiger charge is -2.30. The molecule has 0 saturated carbocycles. The molecule has 0 radical (unpaired) electrons. The zero-order chi connectivity index (χ0) is 16.3. The molecule has 22 heavy (non-hydrogen) atoms. The molecule has 0 bridgehead atoms. The zero-order valence-electron chi connectivity index (χ0n) is 12.6. The van der Waals surface area contributed by atoms with Gasteiger partial charge in [-0.15, -0.1) is 0 Å². The number of nitrogens with one attached hydrogen (secondary N) is 2. The molecular weight excluding hydrogens is 326 g/mol. The van der Waals surface area contributed by atoms with Crippen LogP contribution in [0.2, 0.25) is 5.02 Å². The van der Waals surface area contributed by atoms with Crippen molar-refractivity contribution < 1.29 is 13.2 Å². The maximum Gasteiger partial charge on any atom is 0.319 e. The topological polar surface area (TPSA) is 78.5 Å². The molecule has 1 fully saturated rings. The Bertz CT molecular complexity index is 655. The van der Waals surface area contributed by atoms with Crippen molar-refractivity contribution in [1.82, 2.24) is 9.62 Å². The molecule has 6 nitrogen and oxygen atoms in total. The van der Waals surface area contributed by atoms with Crippen molar-refractivity contribution in [1.29, 1.82) is 0 Å². The number of aryl methyl sites for hydroxylation is 1. The van der Waals surface area contributed by atoms with Gasteiger partial charge in [0.1, 0.15) is 0 Å². The van der Waals surface area contributed by atoms with E-state index in [4.69, 9.17) is 11.6 Å². The first-order chi connectivity index (χ1) is 10.3. The third-order valence-electron chi connectivity index (χ3n) is 3.71. The summed E-state index contributed by atoms with van der Waals surface area (Å²) in [7, 11) is -3.15. The highest BCUT2D eigenvalue weighted by Gasteiger charge is 2.25. The molecule has 1 aromatic rings. The van der Waals surface area contributed by atoms with Crippen LogP contribution in [0.25, 0.3) is 0 Å². The summed E-state index contributed by atoms with van der Waals surface area (Å²) < 4.78 is 24.3. The molecule has 8 heteroatoms. The number of amides is 2. The molecule has 0 aromatic heterocycles. The summed E-state index contributed by atoms with van der Waals surface area (Å²) in [6.45, 7) is 2.75. The smallest absolute Gasteiger partial charge is 0.319 e. The summed E-state index contributed by atoms with van der Waals surface area (Å²) in [4.78, 5) is 12.0. The number of hydrogen-bond acceptors (Lipinski definition) is 3. The highest BCUT2D eigenvalue weighted by atomic mass is 35.5. The SMILES string of the molecule is Cc1ccc(Cl)cc1NC(=O)NC1CCN(S(C)(=O)=O)CC1. The second kappa shape index (κ2) is 6.85. The average Bonchev–Trinajstić information content (AvgIpc) is 2.42. The summed E-state index contributed by atoms with van der Waals surface area (Å²) in [6.07, 6.45) is 2.42. The predicted octanol–water partition coefficient (Wildman–Crippen LogP) is 2.19. The van der Waals surface area contributed by atoms with E-state index in [0.717, 1.165) is 5.56 Å². The van der Waals surface area contributed by atoms with Crippen molar-refractivity contribution in [2.75, 3.05) is 24.7 Å². The first-order valence-electron chi connectivity index (χ1n) is 7.04. The number of urea groups is 1. The molecule has 2 rings (SSSR count). The maximum absolute atomic E-state index is 12.0. The molecule has 2 N–H and O–H groups in total. The van der Waals surface area contributed by atoms with Crippen LogP contribution in [-0.2, 0) is 10.0 Å². The number of anilines is 1. The molecule has 122 valence electrons. The third-order valence-corrected chi connectivity index (χ3v) is 5.24. The van der Waals surface area contributed by atoms with Crippen LogP contribution < -0.4 is 10.6 Å². The fourth-order valence-electron chi connectivity index (χ4n) is 2.40. The summed E-state index contributed by atoms with van der Waals surface area (Å²) >= 11 is 5.92. The standard InChI is InChI=1S/C14H20ClN3O3S/c1-10-3-4-11(15)9-13(10)17-14(19)16-12-5-7-18(8-6-12)22(2,20)21/h3-4,9,12H,5-8H2,1-2H3,(H2,16,17,19). The monoisotopic (exact) mass is 345 g/mol. The van der Waals surface area contributed by atoms with Gasteiger partial charge in [-0.05, 0) is 37.5 Å². The van der Waals surface area contributed by atoms with E-state index in [0.29, 0.717) is 36.6 Å². The molecule has 1 heterocycles. The van der Waals surface area contributed by atoms with Gasteiger partial charge in [0.05, 0.1) is 6.26 Å². The van der Waals surface area contributed by atoms with Gasteiger partial charge >= 0.3 is 6.03 Å². The Morgan fingerprint density at radius 2 is 1.95 bits per heavy atom. The largest absolute Gasteiger partial charge is 0.335 e. The molecule has 1 saturated heterocycles. The molecule has 0 aliphatic carbocycles. The molecule has 0 spiro atoms.